The number of nitrogens with zero attached hydrogens (tertiary/aromatic N) is 1. The van der Waals surface area contributed by atoms with Crippen molar-refractivity contribution in [2.75, 3.05) is 23.9 Å². The first kappa shape index (κ1) is 12.3. The van der Waals surface area contributed by atoms with Crippen LogP contribution in [-0.2, 0) is 9.84 Å². The number of thiophene rings is 1. The molecule has 0 aliphatic carbocycles. The number of aromatic nitrogens is 1. The maximum atomic E-state index is 11.0. The average molecular weight is 270 g/mol. The van der Waals surface area contributed by atoms with Crippen LogP contribution < -0.4 is 5.32 Å². The van der Waals surface area contributed by atoms with Gasteiger partial charge in [-0.1, -0.05) is 0 Å². The van der Waals surface area contributed by atoms with Crippen LogP contribution in [0.15, 0.2) is 23.7 Å². The fraction of sp³-hybridized carbons (Fsp3) is 0.364. The van der Waals surface area contributed by atoms with Crippen molar-refractivity contribution in [1.82, 2.24) is 4.98 Å². The number of rotatable bonds is 5. The normalized spacial score (nSPS) is 11.8. The van der Waals surface area contributed by atoms with Gasteiger partial charge in [0.2, 0.25) is 0 Å². The molecule has 2 heterocycles. The fourth-order valence-corrected chi connectivity index (χ4v) is 3.03. The Labute approximate surface area is 105 Å². The Morgan fingerprint density at radius 2 is 2.24 bits per heavy atom. The number of sulfone groups is 1. The van der Waals surface area contributed by atoms with Crippen LogP contribution in [0.1, 0.15) is 6.42 Å². The third-order valence-corrected chi connectivity index (χ3v) is 4.28. The molecule has 0 aliphatic heterocycles. The summed E-state index contributed by atoms with van der Waals surface area (Å²) in [7, 11) is -2.87. The minimum Gasteiger partial charge on any atom is -0.370 e. The molecule has 0 fully saturated rings. The molecule has 1 N–H and O–H groups in total. The number of fused-ring (bicyclic) bond motifs is 1. The number of anilines is 1. The Morgan fingerprint density at radius 1 is 1.41 bits per heavy atom. The lowest BCUT2D eigenvalue weighted by molar-refractivity contribution is 0.600. The molecule has 92 valence electrons. The van der Waals surface area contributed by atoms with E-state index in [1.54, 1.807) is 17.5 Å². The molecule has 0 radical (unpaired) electrons. The van der Waals surface area contributed by atoms with Gasteiger partial charge in [0.15, 0.2) is 0 Å². The Hall–Kier alpha value is -1.14. The van der Waals surface area contributed by atoms with Crippen molar-refractivity contribution in [3.05, 3.63) is 23.7 Å². The van der Waals surface area contributed by atoms with E-state index in [0.29, 0.717) is 13.0 Å². The fourth-order valence-electron chi connectivity index (χ4n) is 1.58. The smallest absolute Gasteiger partial charge is 0.147 e. The molecule has 2 aromatic rings. The Morgan fingerprint density at radius 3 is 3.00 bits per heavy atom. The van der Waals surface area contributed by atoms with Crippen LogP contribution >= 0.6 is 11.3 Å². The van der Waals surface area contributed by atoms with Gasteiger partial charge in [-0.25, -0.2) is 13.4 Å². The Balaban J connectivity index is 1.97. The zero-order valence-electron chi connectivity index (χ0n) is 9.51. The highest BCUT2D eigenvalue weighted by Gasteiger charge is 2.04. The molecule has 2 aromatic heterocycles. The summed E-state index contributed by atoms with van der Waals surface area (Å²) in [5.74, 6) is 1.04. The second-order valence-corrected chi connectivity index (χ2v) is 7.11. The third kappa shape index (κ3) is 3.41. The van der Waals surface area contributed by atoms with E-state index < -0.39 is 9.84 Å². The zero-order chi connectivity index (χ0) is 12.3. The molecule has 6 heteroatoms. The van der Waals surface area contributed by atoms with E-state index in [4.69, 9.17) is 0 Å². The lowest BCUT2D eigenvalue weighted by Gasteiger charge is -2.05. The molecule has 0 unspecified atom stereocenters. The molecule has 0 bridgehead atoms. The summed E-state index contributed by atoms with van der Waals surface area (Å²) in [6.45, 7) is 0.620. The standard InChI is InChI=1S/C11H14N2O2S2/c1-17(14,15)8-2-5-12-11-9-4-7-16-10(9)3-6-13-11/h3-4,6-7H,2,5,8H2,1H3,(H,12,13). The lowest BCUT2D eigenvalue weighted by Crippen LogP contribution is -2.10. The molecule has 0 amide bonds. The molecule has 0 saturated heterocycles. The number of pyridine rings is 1. The van der Waals surface area contributed by atoms with Gasteiger partial charge in [-0.05, 0) is 23.9 Å². The molecule has 0 atom stereocenters. The highest BCUT2D eigenvalue weighted by atomic mass is 32.2. The Bertz CT molecular complexity index is 605. The monoisotopic (exact) mass is 270 g/mol. The largest absolute Gasteiger partial charge is 0.370 e. The summed E-state index contributed by atoms with van der Waals surface area (Å²) >= 11 is 1.67. The molecule has 4 nitrogen and oxygen atoms in total. The maximum Gasteiger partial charge on any atom is 0.147 e. The van der Waals surface area contributed by atoms with E-state index in [2.05, 4.69) is 10.3 Å². The third-order valence-electron chi connectivity index (χ3n) is 2.36. The van der Waals surface area contributed by atoms with Crippen LogP contribution in [0, 0.1) is 0 Å². The number of nitrogens with one attached hydrogen (secondary N) is 1. The highest BCUT2D eigenvalue weighted by Crippen LogP contribution is 2.25. The summed E-state index contributed by atoms with van der Waals surface area (Å²) < 4.78 is 23.1. The summed E-state index contributed by atoms with van der Waals surface area (Å²) in [6, 6.07) is 3.99. The molecular formula is C11H14N2O2S2. The zero-order valence-corrected chi connectivity index (χ0v) is 11.1. The summed E-state index contributed by atoms with van der Waals surface area (Å²) in [5, 5.41) is 6.29. The SMILES string of the molecule is CS(=O)(=O)CCCNc1nccc2sccc12. The van der Waals surface area contributed by atoms with Crippen molar-refractivity contribution in [2.24, 2.45) is 0 Å². The summed E-state index contributed by atoms with van der Waals surface area (Å²) in [6.07, 6.45) is 3.61. The minimum absolute atomic E-state index is 0.208. The van der Waals surface area contributed by atoms with Crippen LogP contribution in [0.25, 0.3) is 10.1 Å². The van der Waals surface area contributed by atoms with Crippen molar-refractivity contribution >= 4 is 37.1 Å². The first-order valence-electron chi connectivity index (χ1n) is 5.30. The summed E-state index contributed by atoms with van der Waals surface area (Å²) in [4.78, 5) is 4.26. The van der Waals surface area contributed by atoms with Crippen LogP contribution in [0.5, 0.6) is 0 Å². The van der Waals surface area contributed by atoms with Crippen molar-refractivity contribution in [2.45, 2.75) is 6.42 Å². The van der Waals surface area contributed by atoms with Crippen LogP contribution in [0.2, 0.25) is 0 Å². The van der Waals surface area contributed by atoms with E-state index in [1.807, 2.05) is 17.5 Å². The van der Waals surface area contributed by atoms with E-state index in [-0.39, 0.29) is 5.75 Å². The van der Waals surface area contributed by atoms with Gasteiger partial charge in [0.25, 0.3) is 0 Å². The van der Waals surface area contributed by atoms with Gasteiger partial charge in [-0.3, -0.25) is 0 Å². The molecule has 0 aliphatic rings. The molecule has 0 saturated carbocycles. The summed E-state index contributed by atoms with van der Waals surface area (Å²) in [5.41, 5.74) is 0. The second kappa shape index (κ2) is 5.01. The first-order valence-corrected chi connectivity index (χ1v) is 8.24. The average Bonchev–Trinajstić information content (AvgIpc) is 2.71. The molecule has 17 heavy (non-hydrogen) atoms. The quantitative estimate of drug-likeness (QED) is 0.846. The maximum absolute atomic E-state index is 11.0. The Kier molecular flexibility index (Phi) is 3.63. The van der Waals surface area contributed by atoms with Gasteiger partial charge in [-0.2, -0.15) is 0 Å². The minimum atomic E-state index is -2.87. The van der Waals surface area contributed by atoms with Gasteiger partial charge in [0.1, 0.15) is 15.7 Å². The molecule has 2 rings (SSSR count). The van der Waals surface area contributed by atoms with E-state index in [1.165, 1.54) is 11.0 Å². The predicted molar refractivity (Wildman–Crippen MR) is 72.4 cm³/mol. The van der Waals surface area contributed by atoms with Crippen molar-refractivity contribution in [1.29, 1.82) is 0 Å². The van der Waals surface area contributed by atoms with Gasteiger partial charge in [0.05, 0.1) is 5.75 Å². The van der Waals surface area contributed by atoms with E-state index >= 15 is 0 Å². The molecule has 0 spiro atoms. The second-order valence-electron chi connectivity index (χ2n) is 3.90. The molecule has 0 aromatic carbocycles. The van der Waals surface area contributed by atoms with Gasteiger partial charge in [-0.15, -0.1) is 11.3 Å². The molecular weight excluding hydrogens is 256 g/mol. The highest BCUT2D eigenvalue weighted by molar-refractivity contribution is 7.90. The number of hydrogen-bond acceptors (Lipinski definition) is 5. The van der Waals surface area contributed by atoms with Crippen molar-refractivity contribution in [3.8, 4) is 0 Å². The van der Waals surface area contributed by atoms with Gasteiger partial charge < -0.3 is 5.32 Å². The van der Waals surface area contributed by atoms with Crippen molar-refractivity contribution in [3.63, 3.8) is 0 Å². The number of hydrogen-bond donors (Lipinski definition) is 1. The first-order chi connectivity index (χ1) is 8.06. The van der Waals surface area contributed by atoms with Crippen LogP contribution in [-0.4, -0.2) is 32.0 Å². The lowest BCUT2D eigenvalue weighted by atomic mass is 10.3. The van der Waals surface area contributed by atoms with Gasteiger partial charge >= 0.3 is 0 Å². The topological polar surface area (TPSA) is 59.1 Å². The van der Waals surface area contributed by atoms with Crippen LogP contribution in [0.4, 0.5) is 5.82 Å². The predicted octanol–water partition coefficient (Wildman–Crippen LogP) is 2.14. The van der Waals surface area contributed by atoms with Crippen LogP contribution in [0.3, 0.4) is 0 Å². The van der Waals surface area contributed by atoms with E-state index in [9.17, 15) is 8.42 Å². The van der Waals surface area contributed by atoms with E-state index in [0.717, 1.165) is 11.2 Å². The van der Waals surface area contributed by atoms with Gasteiger partial charge in [0, 0.05) is 29.1 Å². The van der Waals surface area contributed by atoms with Crippen molar-refractivity contribution < 1.29 is 8.42 Å².